The first-order valence-electron chi connectivity index (χ1n) is 8.56. The zero-order valence-electron chi connectivity index (χ0n) is 14.3. The summed E-state index contributed by atoms with van der Waals surface area (Å²) in [5.41, 5.74) is 0.305. The van der Waals surface area contributed by atoms with Gasteiger partial charge in [-0.3, -0.25) is 4.79 Å². The van der Waals surface area contributed by atoms with Crippen LogP contribution in [0.5, 0.6) is 5.75 Å². The molecule has 0 unspecified atom stereocenters. The first-order chi connectivity index (χ1) is 12.9. The van der Waals surface area contributed by atoms with E-state index in [0.717, 1.165) is 18.4 Å². The number of rotatable bonds is 5. The van der Waals surface area contributed by atoms with Crippen LogP contribution < -0.4 is 0 Å². The van der Waals surface area contributed by atoms with Crippen LogP contribution in [-0.2, 0) is 11.8 Å². The average molecular weight is 365 g/mol. The van der Waals surface area contributed by atoms with Gasteiger partial charge in [-0.15, -0.1) is 0 Å². The van der Waals surface area contributed by atoms with E-state index in [4.69, 9.17) is 0 Å². The highest BCUT2D eigenvalue weighted by atomic mass is 19.1. The molecule has 3 aromatic rings. The second-order valence-electron chi connectivity index (χ2n) is 6.89. The summed E-state index contributed by atoms with van der Waals surface area (Å²) in [5, 5.41) is 20.2. The van der Waals surface area contributed by atoms with Gasteiger partial charge in [-0.2, -0.15) is 4.39 Å². The molecule has 0 bridgehead atoms. The predicted molar refractivity (Wildman–Crippen MR) is 96.9 cm³/mol. The van der Waals surface area contributed by atoms with Gasteiger partial charge in [0.05, 0.1) is 16.8 Å². The third-order valence-electron chi connectivity index (χ3n) is 5.23. The lowest BCUT2D eigenvalue weighted by Gasteiger charge is -2.18. The number of carboxylic acid groups (broad SMARTS) is 1. The molecule has 1 aliphatic rings. The standard InChI is InChI=1S/C21H16FNO4/c22-19(25)14-8-4-7-13-16(20(26)27)18(24)15(23-17(13)14)11-21(9-10-21)12-5-2-1-3-6-12/h1-8,24H,9-11H2,(H,26,27). The number of carbonyl (C=O) groups is 2. The molecule has 6 heteroatoms. The number of pyridine rings is 1. The van der Waals surface area contributed by atoms with E-state index in [-0.39, 0.29) is 33.1 Å². The first-order valence-corrected chi connectivity index (χ1v) is 8.56. The van der Waals surface area contributed by atoms with Crippen molar-refractivity contribution < 1.29 is 24.2 Å². The van der Waals surface area contributed by atoms with E-state index in [1.54, 1.807) is 0 Å². The normalized spacial score (nSPS) is 14.9. The van der Waals surface area contributed by atoms with Crippen molar-refractivity contribution in [1.29, 1.82) is 0 Å². The molecule has 1 aliphatic carbocycles. The molecule has 0 atom stereocenters. The molecule has 0 spiro atoms. The van der Waals surface area contributed by atoms with Crippen LogP contribution in [-0.4, -0.2) is 27.2 Å². The van der Waals surface area contributed by atoms with Crippen molar-refractivity contribution in [2.45, 2.75) is 24.7 Å². The quantitative estimate of drug-likeness (QED) is 0.667. The summed E-state index contributed by atoms with van der Waals surface area (Å²) in [6, 6.07) is 12.1. The molecule has 0 amide bonds. The van der Waals surface area contributed by atoms with Crippen molar-refractivity contribution >= 4 is 22.9 Å². The highest BCUT2D eigenvalue weighted by Crippen LogP contribution is 2.51. The number of halogens is 1. The van der Waals surface area contributed by atoms with E-state index in [9.17, 15) is 24.2 Å². The summed E-state index contributed by atoms with van der Waals surface area (Å²) < 4.78 is 13.5. The topological polar surface area (TPSA) is 87.5 Å². The van der Waals surface area contributed by atoms with Gasteiger partial charge in [0.15, 0.2) is 5.75 Å². The Bertz CT molecular complexity index is 1070. The molecule has 4 rings (SSSR count). The van der Waals surface area contributed by atoms with Gasteiger partial charge in [0.25, 0.3) is 0 Å². The molecular formula is C21H16FNO4. The van der Waals surface area contributed by atoms with Gasteiger partial charge >= 0.3 is 12.0 Å². The number of hydrogen-bond acceptors (Lipinski definition) is 4. The predicted octanol–water partition coefficient (Wildman–Crippen LogP) is 4.02. The van der Waals surface area contributed by atoms with E-state index < -0.39 is 17.8 Å². The van der Waals surface area contributed by atoms with Crippen molar-refractivity contribution in [2.75, 3.05) is 0 Å². The SMILES string of the molecule is O=C(O)c1c(O)c(CC2(c3ccccc3)CC2)nc2c(C(=O)F)cccc12. The Labute approximate surface area is 154 Å². The van der Waals surface area contributed by atoms with E-state index in [0.29, 0.717) is 6.42 Å². The van der Waals surface area contributed by atoms with Crippen molar-refractivity contribution in [1.82, 2.24) is 4.98 Å². The Balaban J connectivity index is 1.91. The van der Waals surface area contributed by atoms with Gasteiger partial charge in [-0.05, 0) is 24.5 Å². The summed E-state index contributed by atoms with van der Waals surface area (Å²) in [6.45, 7) is 0. The van der Waals surface area contributed by atoms with Gasteiger partial charge in [-0.1, -0.05) is 42.5 Å². The van der Waals surface area contributed by atoms with Gasteiger partial charge < -0.3 is 10.2 Å². The molecule has 1 saturated carbocycles. The van der Waals surface area contributed by atoms with Crippen LogP contribution in [0.1, 0.15) is 44.8 Å². The fraction of sp³-hybridized carbons (Fsp3) is 0.190. The van der Waals surface area contributed by atoms with Gasteiger partial charge in [-0.25, -0.2) is 9.78 Å². The molecule has 0 aliphatic heterocycles. The largest absolute Gasteiger partial charge is 0.505 e. The summed E-state index contributed by atoms with van der Waals surface area (Å²) in [6.07, 6.45) is 2.07. The second kappa shape index (κ2) is 6.16. The van der Waals surface area contributed by atoms with Crippen LogP contribution in [0.25, 0.3) is 10.9 Å². The van der Waals surface area contributed by atoms with Crippen LogP contribution in [0.3, 0.4) is 0 Å². The third-order valence-corrected chi connectivity index (χ3v) is 5.23. The fourth-order valence-electron chi connectivity index (χ4n) is 3.65. The van der Waals surface area contributed by atoms with Crippen LogP contribution >= 0.6 is 0 Å². The molecule has 1 heterocycles. The van der Waals surface area contributed by atoms with Crippen molar-refractivity contribution in [2.24, 2.45) is 0 Å². The van der Waals surface area contributed by atoms with E-state index in [1.807, 2.05) is 30.3 Å². The summed E-state index contributed by atoms with van der Waals surface area (Å²) in [4.78, 5) is 27.4. The number of fused-ring (bicyclic) bond motifs is 1. The first kappa shape index (κ1) is 17.1. The highest BCUT2D eigenvalue weighted by molar-refractivity contribution is 6.10. The van der Waals surface area contributed by atoms with Crippen molar-refractivity contribution in [3.63, 3.8) is 0 Å². The average Bonchev–Trinajstić information content (AvgIpc) is 3.43. The molecule has 27 heavy (non-hydrogen) atoms. The number of aromatic hydroxyl groups is 1. The fourth-order valence-corrected chi connectivity index (χ4v) is 3.65. The monoisotopic (exact) mass is 365 g/mol. The number of para-hydroxylation sites is 1. The molecule has 5 nitrogen and oxygen atoms in total. The molecule has 0 radical (unpaired) electrons. The Hall–Kier alpha value is -3.28. The lowest BCUT2D eigenvalue weighted by atomic mass is 9.89. The maximum Gasteiger partial charge on any atom is 0.340 e. The zero-order valence-corrected chi connectivity index (χ0v) is 14.3. The maximum atomic E-state index is 13.5. The number of carboxylic acids is 1. The molecule has 1 aromatic heterocycles. The van der Waals surface area contributed by atoms with Gasteiger partial charge in [0.1, 0.15) is 5.56 Å². The summed E-state index contributed by atoms with van der Waals surface area (Å²) in [7, 11) is 0. The lowest BCUT2D eigenvalue weighted by molar-refractivity contribution is 0.0694. The number of benzene rings is 2. The Morgan fingerprint density at radius 1 is 1.07 bits per heavy atom. The van der Waals surface area contributed by atoms with Crippen LogP contribution in [0.15, 0.2) is 48.5 Å². The number of hydrogen-bond donors (Lipinski definition) is 2. The summed E-state index contributed by atoms with van der Waals surface area (Å²) >= 11 is 0. The maximum absolute atomic E-state index is 13.5. The second-order valence-corrected chi connectivity index (χ2v) is 6.89. The minimum Gasteiger partial charge on any atom is -0.505 e. The van der Waals surface area contributed by atoms with E-state index >= 15 is 0 Å². The lowest BCUT2D eigenvalue weighted by Crippen LogP contribution is -2.14. The number of aromatic carboxylic acids is 1. The number of nitrogens with zero attached hydrogens (tertiary/aromatic N) is 1. The van der Waals surface area contributed by atoms with Crippen molar-refractivity contribution in [3.05, 3.63) is 70.9 Å². The third kappa shape index (κ3) is 2.83. The smallest absolute Gasteiger partial charge is 0.340 e. The minimum absolute atomic E-state index is 0.0387. The summed E-state index contributed by atoms with van der Waals surface area (Å²) in [5.74, 6) is -1.78. The molecule has 136 valence electrons. The molecule has 0 saturated heterocycles. The van der Waals surface area contributed by atoms with Crippen LogP contribution in [0.2, 0.25) is 0 Å². The van der Waals surface area contributed by atoms with Crippen molar-refractivity contribution in [3.8, 4) is 5.75 Å². The number of aromatic nitrogens is 1. The number of carbonyl (C=O) groups excluding carboxylic acids is 1. The van der Waals surface area contributed by atoms with Crippen LogP contribution in [0.4, 0.5) is 4.39 Å². The van der Waals surface area contributed by atoms with Crippen LogP contribution in [0, 0.1) is 0 Å². The van der Waals surface area contributed by atoms with Gasteiger partial charge in [0.2, 0.25) is 0 Å². The van der Waals surface area contributed by atoms with Gasteiger partial charge in [0, 0.05) is 17.2 Å². The minimum atomic E-state index is -1.69. The molecular weight excluding hydrogens is 349 g/mol. The Morgan fingerprint density at radius 3 is 2.37 bits per heavy atom. The molecule has 2 aromatic carbocycles. The highest BCUT2D eigenvalue weighted by Gasteiger charge is 2.45. The van der Waals surface area contributed by atoms with E-state index in [1.165, 1.54) is 18.2 Å². The zero-order chi connectivity index (χ0) is 19.2. The Morgan fingerprint density at radius 2 is 1.78 bits per heavy atom. The molecule has 2 N–H and O–H groups in total. The van der Waals surface area contributed by atoms with E-state index in [2.05, 4.69) is 4.98 Å². The Kier molecular flexibility index (Phi) is 3.91. The molecule has 1 fully saturated rings.